The third-order valence-electron chi connectivity index (χ3n) is 4.17. The van der Waals surface area contributed by atoms with Gasteiger partial charge in [0.05, 0.1) is 4.47 Å². The Morgan fingerprint density at radius 3 is 2.62 bits per heavy atom. The minimum Gasteiger partial charge on any atom is -0.444 e. The van der Waals surface area contributed by atoms with Crippen molar-refractivity contribution in [3.63, 3.8) is 0 Å². The topological polar surface area (TPSA) is 32.8 Å². The number of halogens is 2. The monoisotopic (exact) mass is 400 g/mol. The van der Waals surface area contributed by atoms with Crippen LogP contribution < -0.4 is 0 Å². The quantitative estimate of drug-likeness (QED) is 0.739. The van der Waals surface area contributed by atoms with E-state index in [0.29, 0.717) is 24.1 Å². The molecule has 24 heavy (non-hydrogen) atoms. The molecular formula is C18H26BrFN2O2. The van der Waals surface area contributed by atoms with Gasteiger partial charge in [0.2, 0.25) is 0 Å². The highest BCUT2D eigenvalue weighted by Crippen LogP contribution is 2.23. The van der Waals surface area contributed by atoms with Crippen molar-refractivity contribution in [2.45, 2.75) is 52.8 Å². The number of hydrogen-bond donors (Lipinski definition) is 0. The van der Waals surface area contributed by atoms with Crippen LogP contribution in [0.3, 0.4) is 0 Å². The van der Waals surface area contributed by atoms with Gasteiger partial charge < -0.3 is 9.64 Å². The van der Waals surface area contributed by atoms with Crippen LogP contribution in [0.25, 0.3) is 0 Å². The Morgan fingerprint density at radius 1 is 1.38 bits per heavy atom. The van der Waals surface area contributed by atoms with E-state index in [-0.39, 0.29) is 18.0 Å². The first kappa shape index (κ1) is 19.2. The lowest BCUT2D eigenvalue weighted by atomic mass is 10.1. The lowest BCUT2D eigenvalue weighted by Crippen LogP contribution is -2.54. The zero-order chi connectivity index (χ0) is 18.1. The first-order valence-corrected chi connectivity index (χ1v) is 9.02. The summed E-state index contributed by atoms with van der Waals surface area (Å²) in [7, 11) is 0. The van der Waals surface area contributed by atoms with Crippen LogP contribution in [0.4, 0.5) is 9.18 Å². The summed E-state index contributed by atoms with van der Waals surface area (Å²) in [6.07, 6.45) is -0.264. The van der Waals surface area contributed by atoms with Crippen molar-refractivity contribution in [1.82, 2.24) is 9.80 Å². The molecule has 1 aromatic rings. The van der Waals surface area contributed by atoms with Crippen LogP contribution in [0.1, 0.15) is 38.8 Å². The Morgan fingerprint density at radius 2 is 2.04 bits per heavy atom. The van der Waals surface area contributed by atoms with E-state index in [9.17, 15) is 9.18 Å². The molecule has 2 rings (SSSR count). The number of nitrogens with zero attached hydrogens (tertiary/aromatic N) is 2. The summed E-state index contributed by atoms with van der Waals surface area (Å²) in [4.78, 5) is 16.2. The second-order valence-electron chi connectivity index (χ2n) is 7.44. The molecule has 1 aliphatic rings. The van der Waals surface area contributed by atoms with Gasteiger partial charge in [-0.3, -0.25) is 4.90 Å². The van der Waals surface area contributed by atoms with E-state index in [0.717, 1.165) is 17.7 Å². The molecule has 1 amide bonds. The molecule has 6 heteroatoms. The van der Waals surface area contributed by atoms with Crippen LogP contribution in [0.2, 0.25) is 0 Å². The second-order valence-corrected chi connectivity index (χ2v) is 8.29. The molecule has 0 aromatic heterocycles. The average molecular weight is 401 g/mol. The number of hydrogen-bond acceptors (Lipinski definition) is 3. The minimum absolute atomic E-state index is 0.192. The molecular weight excluding hydrogens is 375 g/mol. The van der Waals surface area contributed by atoms with Crippen LogP contribution in [0.5, 0.6) is 0 Å². The summed E-state index contributed by atoms with van der Waals surface area (Å²) in [6, 6.07) is 3.59. The van der Waals surface area contributed by atoms with Crippen molar-refractivity contribution in [1.29, 1.82) is 0 Å². The van der Waals surface area contributed by atoms with Crippen LogP contribution in [0, 0.1) is 12.7 Å². The number of rotatable bonds is 2. The molecule has 0 N–H and O–H groups in total. The van der Waals surface area contributed by atoms with E-state index < -0.39 is 5.60 Å². The number of ether oxygens (including phenoxy) is 1. The largest absolute Gasteiger partial charge is 0.444 e. The van der Waals surface area contributed by atoms with Crippen molar-refractivity contribution in [3.8, 4) is 0 Å². The molecule has 4 nitrogen and oxygen atoms in total. The summed E-state index contributed by atoms with van der Waals surface area (Å²) in [5.41, 5.74) is 1.56. The van der Waals surface area contributed by atoms with E-state index in [1.807, 2.05) is 33.8 Å². The fourth-order valence-electron chi connectivity index (χ4n) is 2.80. The van der Waals surface area contributed by atoms with Gasteiger partial charge in [-0.15, -0.1) is 0 Å². The van der Waals surface area contributed by atoms with E-state index in [1.54, 1.807) is 11.0 Å². The Kier molecular flexibility index (Phi) is 5.91. The first-order valence-electron chi connectivity index (χ1n) is 8.23. The van der Waals surface area contributed by atoms with Gasteiger partial charge in [-0.05, 0) is 73.8 Å². The van der Waals surface area contributed by atoms with E-state index in [4.69, 9.17) is 4.74 Å². The molecule has 1 fully saturated rings. The highest BCUT2D eigenvalue weighted by Gasteiger charge is 2.30. The summed E-state index contributed by atoms with van der Waals surface area (Å²) >= 11 is 3.22. The third-order valence-corrected chi connectivity index (χ3v) is 4.78. The van der Waals surface area contributed by atoms with Gasteiger partial charge in [0.25, 0.3) is 0 Å². The molecule has 0 radical (unpaired) electrons. The molecule has 0 bridgehead atoms. The highest BCUT2D eigenvalue weighted by molar-refractivity contribution is 9.10. The molecule has 1 aliphatic heterocycles. The lowest BCUT2D eigenvalue weighted by Gasteiger charge is -2.40. The SMILES string of the molecule is Cc1cc(Br)c(F)cc1CN1CCN(C(=O)OC(C)(C)C)CC1C. The Labute approximate surface area is 152 Å². The maximum absolute atomic E-state index is 13.8. The first-order chi connectivity index (χ1) is 11.1. The van der Waals surface area contributed by atoms with Gasteiger partial charge in [0.15, 0.2) is 0 Å². The highest BCUT2D eigenvalue weighted by atomic mass is 79.9. The molecule has 0 aliphatic carbocycles. The Bertz CT molecular complexity index is 616. The number of piperazine rings is 1. The smallest absolute Gasteiger partial charge is 0.410 e. The summed E-state index contributed by atoms with van der Waals surface area (Å²) in [5, 5.41) is 0. The standard InChI is InChI=1S/C18H26BrFN2O2/c1-12-8-15(19)16(20)9-14(12)11-21-6-7-22(10-13(21)2)17(23)24-18(3,4)5/h8-9,13H,6-7,10-11H2,1-5H3. The Balaban J connectivity index is 1.99. The van der Waals surface area contributed by atoms with Gasteiger partial charge in [0.1, 0.15) is 11.4 Å². The Hall–Kier alpha value is -1.14. The number of carbonyl (C=O) groups excluding carboxylic acids is 1. The predicted molar refractivity (Wildman–Crippen MR) is 96.5 cm³/mol. The maximum atomic E-state index is 13.8. The molecule has 0 saturated carbocycles. The summed E-state index contributed by atoms with van der Waals surface area (Å²) in [6.45, 7) is 12.4. The molecule has 1 heterocycles. The number of aryl methyl sites for hydroxylation is 1. The maximum Gasteiger partial charge on any atom is 0.410 e. The van der Waals surface area contributed by atoms with E-state index >= 15 is 0 Å². The number of benzene rings is 1. The van der Waals surface area contributed by atoms with Crippen molar-refractivity contribution in [2.75, 3.05) is 19.6 Å². The minimum atomic E-state index is -0.483. The number of carbonyl (C=O) groups is 1. The average Bonchev–Trinajstić information content (AvgIpc) is 2.44. The normalized spacial score (nSPS) is 19.5. The van der Waals surface area contributed by atoms with E-state index in [2.05, 4.69) is 27.8 Å². The zero-order valence-corrected chi connectivity index (χ0v) is 16.6. The molecule has 0 spiro atoms. The fourth-order valence-corrected chi connectivity index (χ4v) is 3.26. The van der Waals surface area contributed by atoms with Gasteiger partial charge in [-0.1, -0.05) is 0 Å². The van der Waals surface area contributed by atoms with Gasteiger partial charge in [0, 0.05) is 32.2 Å². The molecule has 1 atom stereocenters. The van der Waals surface area contributed by atoms with Crippen LogP contribution >= 0.6 is 15.9 Å². The van der Waals surface area contributed by atoms with Crippen LogP contribution in [0.15, 0.2) is 16.6 Å². The lowest BCUT2D eigenvalue weighted by molar-refractivity contribution is 0.00457. The van der Waals surface area contributed by atoms with E-state index in [1.165, 1.54) is 0 Å². The van der Waals surface area contributed by atoms with Crippen molar-refractivity contribution in [2.24, 2.45) is 0 Å². The summed E-state index contributed by atoms with van der Waals surface area (Å²) in [5.74, 6) is -0.240. The predicted octanol–water partition coefficient (Wildman–Crippen LogP) is 4.34. The summed E-state index contributed by atoms with van der Waals surface area (Å²) < 4.78 is 19.7. The van der Waals surface area contributed by atoms with Gasteiger partial charge in [-0.25, -0.2) is 9.18 Å². The van der Waals surface area contributed by atoms with Gasteiger partial charge in [-0.2, -0.15) is 0 Å². The fraction of sp³-hybridized carbons (Fsp3) is 0.611. The molecule has 1 aromatic carbocycles. The molecule has 1 saturated heterocycles. The third kappa shape index (κ3) is 4.93. The second kappa shape index (κ2) is 7.40. The van der Waals surface area contributed by atoms with Crippen LogP contribution in [-0.4, -0.2) is 47.2 Å². The van der Waals surface area contributed by atoms with Crippen molar-refractivity contribution < 1.29 is 13.9 Å². The zero-order valence-electron chi connectivity index (χ0n) is 15.0. The van der Waals surface area contributed by atoms with Crippen molar-refractivity contribution in [3.05, 3.63) is 33.5 Å². The van der Waals surface area contributed by atoms with Crippen LogP contribution in [-0.2, 0) is 11.3 Å². The molecule has 1 unspecified atom stereocenters. The number of amides is 1. The van der Waals surface area contributed by atoms with Gasteiger partial charge >= 0.3 is 6.09 Å². The van der Waals surface area contributed by atoms with Crippen molar-refractivity contribution >= 4 is 22.0 Å². The molecule has 134 valence electrons.